The number of rotatable bonds is 6. The number of anilines is 1. The Bertz CT molecular complexity index is 465. The quantitative estimate of drug-likeness (QED) is 0.339. The molecule has 19 heavy (non-hydrogen) atoms. The maximum absolute atomic E-state index is 10.9. The zero-order valence-corrected chi connectivity index (χ0v) is 11.0. The highest BCUT2D eigenvalue weighted by molar-refractivity contribution is 5.64. The monoisotopic (exact) mass is 269 g/mol. The average molecular weight is 269 g/mol. The van der Waals surface area contributed by atoms with Crippen LogP contribution < -0.4 is 11.1 Å². The van der Waals surface area contributed by atoms with E-state index in [2.05, 4.69) is 5.32 Å². The zero-order chi connectivity index (χ0) is 14.6. The maximum Gasteiger partial charge on any atom is 0.292 e. The third-order valence-electron chi connectivity index (χ3n) is 2.98. The first-order chi connectivity index (χ1) is 8.88. The number of aryl methyl sites for hydroxylation is 1. The minimum absolute atomic E-state index is 0.0747. The molecule has 0 heterocycles. The van der Waals surface area contributed by atoms with Gasteiger partial charge in [0.2, 0.25) is 0 Å². The molecular formula is C12H19N3O4. The Balaban J connectivity index is 3.03. The maximum atomic E-state index is 10.9. The lowest BCUT2D eigenvalue weighted by molar-refractivity contribution is -0.384. The summed E-state index contributed by atoms with van der Waals surface area (Å²) in [6.07, 6.45) is -1.82. The Kier molecular flexibility index (Phi) is 5.22. The summed E-state index contributed by atoms with van der Waals surface area (Å²) < 4.78 is 0. The first-order valence-electron chi connectivity index (χ1n) is 5.93. The third kappa shape index (κ3) is 3.63. The Morgan fingerprint density at radius 3 is 2.63 bits per heavy atom. The molecule has 1 rings (SSSR count). The molecule has 2 atom stereocenters. The summed E-state index contributed by atoms with van der Waals surface area (Å²) in [5.41, 5.74) is 6.23. The van der Waals surface area contributed by atoms with Gasteiger partial charge in [0.25, 0.3) is 5.69 Å². The van der Waals surface area contributed by atoms with E-state index in [0.29, 0.717) is 24.1 Å². The van der Waals surface area contributed by atoms with Crippen LogP contribution in [0.25, 0.3) is 0 Å². The van der Waals surface area contributed by atoms with Crippen molar-refractivity contribution in [3.63, 3.8) is 0 Å². The molecule has 0 bridgehead atoms. The summed E-state index contributed by atoms with van der Waals surface area (Å²) in [7, 11) is 1.73. The van der Waals surface area contributed by atoms with Crippen molar-refractivity contribution in [1.82, 2.24) is 5.32 Å². The molecule has 0 aliphatic heterocycles. The van der Waals surface area contributed by atoms with Crippen molar-refractivity contribution in [3.8, 4) is 0 Å². The SMILES string of the molecule is CNCCC(O)C(O)c1cc(C)c(N)c([N+](=O)[O-])c1. The normalized spacial score (nSPS) is 14.1. The second-order valence-electron chi connectivity index (χ2n) is 4.43. The van der Waals surface area contributed by atoms with E-state index in [9.17, 15) is 20.3 Å². The standard InChI is InChI=1S/C12H19N3O4/c1-7-5-8(6-9(11(7)13)15(18)19)12(17)10(16)3-4-14-2/h5-6,10,12,14,16-17H,3-4,13H2,1-2H3. The Morgan fingerprint density at radius 1 is 1.47 bits per heavy atom. The van der Waals surface area contributed by atoms with Crippen LogP contribution in [0.2, 0.25) is 0 Å². The lowest BCUT2D eigenvalue weighted by atomic mass is 9.98. The first kappa shape index (κ1) is 15.4. The third-order valence-corrected chi connectivity index (χ3v) is 2.98. The van der Waals surface area contributed by atoms with Crippen LogP contribution >= 0.6 is 0 Å². The number of nitro groups is 1. The topological polar surface area (TPSA) is 122 Å². The molecule has 0 aromatic heterocycles. The Labute approximate surface area is 111 Å². The highest BCUT2D eigenvalue weighted by atomic mass is 16.6. The molecule has 2 unspecified atom stereocenters. The van der Waals surface area contributed by atoms with Crippen molar-refractivity contribution < 1.29 is 15.1 Å². The number of aliphatic hydroxyl groups excluding tert-OH is 2. The summed E-state index contributed by atoms with van der Waals surface area (Å²) in [5.74, 6) is 0. The molecule has 0 spiro atoms. The minimum Gasteiger partial charge on any atom is -0.393 e. The van der Waals surface area contributed by atoms with E-state index in [-0.39, 0.29) is 11.4 Å². The van der Waals surface area contributed by atoms with Gasteiger partial charge in [0.15, 0.2) is 0 Å². The molecule has 1 aromatic rings. The zero-order valence-electron chi connectivity index (χ0n) is 11.0. The Morgan fingerprint density at radius 2 is 2.11 bits per heavy atom. The molecule has 1 aromatic carbocycles. The number of nitrogen functional groups attached to an aromatic ring is 1. The van der Waals surface area contributed by atoms with Gasteiger partial charge in [-0.15, -0.1) is 0 Å². The van der Waals surface area contributed by atoms with Gasteiger partial charge in [-0.3, -0.25) is 10.1 Å². The smallest absolute Gasteiger partial charge is 0.292 e. The lowest BCUT2D eigenvalue weighted by Crippen LogP contribution is -2.23. The van der Waals surface area contributed by atoms with E-state index >= 15 is 0 Å². The summed E-state index contributed by atoms with van der Waals surface area (Å²) in [4.78, 5) is 10.3. The van der Waals surface area contributed by atoms with Crippen molar-refractivity contribution in [3.05, 3.63) is 33.4 Å². The number of nitrogens with one attached hydrogen (secondary N) is 1. The number of nitro benzene ring substituents is 1. The van der Waals surface area contributed by atoms with E-state index in [0.717, 1.165) is 0 Å². The van der Waals surface area contributed by atoms with Crippen LogP contribution in [0.5, 0.6) is 0 Å². The molecule has 0 saturated carbocycles. The summed E-state index contributed by atoms with van der Waals surface area (Å²) in [6.45, 7) is 2.16. The van der Waals surface area contributed by atoms with Crippen LogP contribution in [0.15, 0.2) is 12.1 Å². The molecule has 7 heteroatoms. The largest absolute Gasteiger partial charge is 0.393 e. The first-order valence-corrected chi connectivity index (χ1v) is 5.93. The van der Waals surface area contributed by atoms with Crippen molar-refractivity contribution in [2.45, 2.75) is 25.6 Å². The second-order valence-corrected chi connectivity index (χ2v) is 4.43. The van der Waals surface area contributed by atoms with Gasteiger partial charge in [-0.1, -0.05) is 6.07 Å². The molecule has 0 aliphatic carbocycles. The van der Waals surface area contributed by atoms with Crippen LogP contribution in [0, 0.1) is 17.0 Å². The van der Waals surface area contributed by atoms with Gasteiger partial charge in [0.1, 0.15) is 11.8 Å². The predicted molar refractivity (Wildman–Crippen MR) is 71.8 cm³/mol. The highest BCUT2D eigenvalue weighted by Gasteiger charge is 2.23. The van der Waals surface area contributed by atoms with E-state index in [1.54, 1.807) is 20.0 Å². The number of aliphatic hydroxyl groups is 2. The fourth-order valence-corrected chi connectivity index (χ4v) is 1.80. The van der Waals surface area contributed by atoms with Crippen molar-refractivity contribution in [1.29, 1.82) is 0 Å². The van der Waals surface area contributed by atoms with E-state index in [1.165, 1.54) is 6.07 Å². The van der Waals surface area contributed by atoms with Crippen LogP contribution in [-0.4, -0.2) is 34.8 Å². The molecule has 0 radical (unpaired) electrons. The predicted octanol–water partition coefficient (Wildman–Crippen LogP) is 0.489. The summed E-state index contributed by atoms with van der Waals surface area (Å²) >= 11 is 0. The van der Waals surface area contributed by atoms with Crippen LogP contribution in [0.4, 0.5) is 11.4 Å². The molecule has 0 fully saturated rings. The number of nitrogens with zero attached hydrogens (tertiary/aromatic N) is 1. The molecule has 5 N–H and O–H groups in total. The fraction of sp³-hybridized carbons (Fsp3) is 0.500. The van der Waals surface area contributed by atoms with Gasteiger partial charge in [-0.2, -0.15) is 0 Å². The van der Waals surface area contributed by atoms with E-state index in [1.807, 2.05) is 0 Å². The van der Waals surface area contributed by atoms with Gasteiger partial charge < -0.3 is 21.3 Å². The summed E-state index contributed by atoms with van der Waals surface area (Å²) in [5, 5.41) is 33.5. The van der Waals surface area contributed by atoms with Crippen LogP contribution in [0.3, 0.4) is 0 Å². The van der Waals surface area contributed by atoms with Gasteiger partial charge in [0, 0.05) is 6.07 Å². The molecular weight excluding hydrogens is 250 g/mol. The molecule has 0 saturated heterocycles. The van der Waals surface area contributed by atoms with E-state index < -0.39 is 17.1 Å². The molecule has 106 valence electrons. The average Bonchev–Trinajstić information content (AvgIpc) is 2.37. The van der Waals surface area contributed by atoms with Crippen LogP contribution in [-0.2, 0) is 0 Å². The highest BCUT2D eigenvalue weighted by Crippen LogP contribution is 2.30. The van der Waals surface area contributed by atoms with Gasteiger partial charge in [-0.05, 0) is 38.1 Å². The molecule has 7 nitrogen and oxygen atoms in total. The number of nitrogens with two attached hydrogens (primary N) is 1. The van der Waals surface area contributed by atoms with Crippen molar-refractivity contribution in [2.75, 3.05) is 19.3 Å². The van der Waals surface area contributed by atoms with Crippen molar-refractivity contribution in [2.24, 2.45) is 0 Å². The van der Waals surface area contributed by atoms with Gasteiger partial charge >= 0.3 is 0 Å². The van der Waals surface area contributed by atoms with Crippen molar-refractivity contribution >= 4 is 11.4 Å². The molecule has 0 aliphatic rings. The fourth-order valence-electron chi connectivity index (χ4n) is 1.80. The lowest BCUT2D eigenvalue weighted by Gasteiger charge is -2.18. The minimum atomic E-state index is -1.17. The van der Waals surface area contributed by atoms with E-state index in [4.69, 9.17) is 5.73 Å². The second kappa shape index (κ2) is 6.46. The number of benzene rings is 1. The summed E-state index contributed by atoms with van der Waals surface area (Å²) in [6, 6.07) is 2.76. The van der Waals surface area contributed by atoms with Gasteiger partial charge in [-0.25, -0.2) is 0 Å². The Hall–Kier alpha value is -1.70. The van der Waals surface area contributed by atoms with Gasteiger partial charge in [0.05, 0.1) is 11.0 Å². The molecule has 0 amide bonds. The van der Waals surface area contributed by atoms with Crippen LogP contribution in [0.1, 0.15) is 23.7 Å². The number of hydrogen-bond acceptors (Lipinski definition) is 6. The number of hydrogen-bond donors (Lipinski definition) is 4.